The molecule has 0 amide bonds. The highest BCUT2D eigenvalue weighted by Gasteiger charge is 2.17. The van der Waals surface area contributed by atoms with Crippen molar-refractivity contribution < 1.29 is 24.0 Å². The number of nitro groups is 1. The normalized spacial score (nSPS) is 11.4. The van der Waals surface area contributed by atoms with Gasteiger partial charge < -0.3 is 20.1 Å². The molecule has 10 heteroatoms. The highest BCUT2D eigenvalue weighted by molar-refractivity contribution is 6.15. The van der Waals surface area contributed by atoms with Crippen molar-refractivity contribution in [1.82, 2.24) is 10.3 Å². The number of benzene rings is 1. The van der Waals surface area contributed by atoms with Crippen LogP contribution in [-0.2, 0) is 19.1 Å². The van der Waals surface area contributed by atoms with Crippen molar-refractivity contribution in [3.05, 3.63) is 82.6 Å². The quantitative estimate of drug-likeness (QED) is 0.276. The van der Waals surface area contributed by atoms with Crippen LogP contribution < -0.4 is 10.6 Å². The van der Waals surface area contributed by atoms with E-state index >= 15 is 0 Å². The number of hydrogen-bond acceptors (Lipinski definition) is 9. The summed E-state index contributed by atoms with van der Waals surface area (Å²) in [5.41, 5.74) is 0.310. The molecule has 1 heterocycles. The maximum Gasteiger partial charge on any atom is 0.355 e. The van der Waals surface area contributed by atoms with Crippen LogP contribution >= 0.6 is 0 Å². The summed E-state index contributed by atoms with van der Waals surface area (Å²) in [5.74, 6) is -1.40. The number of ether oxygens (including phenoxy) is 2. The van der Waals surface area contributed by atoms with Gasteiger partial charge in [-0.1, -0.05) is 18.2 Å². The average molecular weight is 412 g/mol. The Morgan fingerprint density at radius 1 is 1.13 bits per heavy atom. The number of carbonyl (C=O) groups excluding carboxylic acids is 2. The van der Waals surface area contributed by atoms with Gasteiger partial charge in [-0.25, -0.2) is 9.59 Å². The van der Waals surface area contributed by atoms with Gasteiger partial charge in [-0.3, -0.25) is 15.1 Å². The van der Waals surface area contributed by atoms with Crippen LogP contribution in [0.4, 0.5) is 11.4 Å². The fourth-order valence-corrected chi connectivity index (χ4v) is 2.29. The van der Waals surface area contributed by atoms with Crippen molar-refractivity contribution in [2.75, 3.05) is 19.0 Å². The number of nitrogens with zero attached hydrogens (tertiary/aromatic N) is 2. The second-order valence-electron chi connectivity index (χ2n) is 5.61. The van der Waals surface area contributed by atoms with Crippen molar-refractivity contribution in [3.8, 4) is 0 Å². The molecule has 0 radical (unpaired) electrons. The van der Waals surface area contributed by atoms with Crippen LogP contribution in [0.25, 0.3) is 5.57 Å². The van der Waals surface area contributed by atoms with Gasteiger partial charge in [0.2, 0.25) is 0 Å². The summed E-state index contributed by atoms with van der Waals surface area (Å²) in [6.45, 7) is 1.82. The van der Waals surface area contributed by atoms with E-state index in [1.54, 1.807) is 31.2 Å². The fraction of sp³-hybridized carbons (Fsp3) is 0.150. The molecule has 0 fully saturated rings. The molecule has 0 aliphatic carbocycles. The second kappa shape index (κ2) is 11.0. The van der Waals surface area contributed by atoms with Gasteiger partial charge in [0, 0.05) is 24.7 Å². The molecule has 1 aromatic heterocycles. The molecule has 0 saturated heterocycles. The lowest BCUT2D eigenvalue weighted by molar-refractivity contribution is -0.383. The van der Waals surface area contributed by atoms with Crippen molar-refractivity contribution in [3.63, 3.8) is 0 Å². The van der Waals surface area contributed by atoms with Crippen molar-refractivity contribution in [2.24, 2.45) is 0 Å². The first kappa shape index (κ1) is 22.1. The molecule has 0 atom stereocenters. The minimum absolute atomic E-state index is 0.0814. The largest absolute Gasteiger partial charge is 0.464 e. The monoisotopic (exact) mass is 412 g/mol. The van der Waals surface area contributed by atoms with Crippen LogP contribution in [0.2, 0.25) is 0 Å². The Morgan fingerprint density at radius 2 is 1.87 bits per heavy atom. The van der Waals surface area contributed by atoms with E-state index in [1.807, 2.05) is 0 Å². The molecule has 156 valence electrons. The van der Waals surface area contributed by atoms with Crippen LogP contribution in [0.1, 0.15) is 12.6 Å². The molecule has 10 nitrogen and oxygen atoms in total. The van der Waals surface area contributed by atoms with Gasteiger partial charge in [0.05, 0.1) is 24.3 Å². The number of carbonyl (C=O) groups is 2. The number of esters is 2. The van der Waals surface area contributed by atoms with Gasteiger partial charge in [0.1, 0.15) is 17.0 Å². The third kappa shape index (κ3) is 5.89. The molecular formula is C20H20N4O6. The van der Waals surface area contributed by atoms with E-state index in [2.05, 4.69) is 15.6 Å². The number of para-hydroxylation sites is 2. The Bertz CT molecular complexity index is 972. The first-order chi connectivity index (χ1) is 14.5. The summed E-state index contributed by atoms with van der Waals surface area (Å²) in [6.07, 6.45) is 3.96. The summed E-state index contributed by atoms with van der Waals surface area (Å²) in [7, 11) is 1.18. The predicted octanol–water partition coefficient (Wildman–Crippen LogP) is 2.61. The number of anilines is 1. The topological polar surface area (TPSA) is 133 Å². The molecule has 0 bridgehead atoms. The van der Waals surface area contributed by atoms with Crippen LogP contribution in [-0.4, -0.2) is 35.6 Å². The Kier molecular flexibility index (Phi) is 8.06. The average Bonchev–Trinajstić information content (AvgIpc) is 2.76. The molecule has 2 N–H and O–H groups in total. The Balaban J connectivity index is 2.34. The van der Waals surface area contributed by atoms with E-state index in [1.165, 1.54) is 43.9 Å². The third-order valence-electron chi connectivity index (χ3n) is 3.69. The maximum absolute atomic E-state index is 12.3. The highest BCUT2D eigenvalue weighted by atomic mass is 16.6. The molecule has 0 spiro atoms. The molecular weight excluding hydrogens is 392 g/mol. The van der Waals surface area contributed by atoms with Gasteiger partial charge in [-0.15, -0.1) is 0 Å². The van der Waals surface area contributed by atoms with Crippen LogP contribution in [0.15, 0.2) is 66.8 Å². The molecule has 1 aromatic carbocycles. The lowest BCUT2D eigenvalue weighted by Crippen LogP contribution is -2.20. The summed E-state index contributed by atoms with van der Waals surface area (Å²) in [4.78, 5) is 39.1. The van der Waals surface area contributed by atoms with E-state index in [9.17, 15) is 19.7 Å². The first-order valence-corrected chi connectivity index (χ1v) is 8.81. The van der Waals surface area contributed by atoms with Gasteiger partial charge in [-0.2, -0.15) is 0 Å². The highest BCUT2D eigenvalue weighted by Crippen LogP contribution is 2.23. The van der Waals surface area contributed by atoms with E-state index in [0.717, 1.165) is 0 Å². The van der Waals surface area contributed by atoms with Crippen molar-refractivity contribution in [2.45, 2.75) is 6.92 Å². The third-order valence-corrected chi connectivity index (χ3v) is 3.69. The van der Waals surface area contributed by atoms with E-state index < -0.39 is 16.9 Å². The zero-order valence-electron chi connectivity index (χ0n) is 16.3. The lowest BCUT2D eigenvalue weighted by Gasteiger charge is -2.10. The molecule has 30 heavy (non-hydrogen) atoms. The predicted molar refractivity (Wildman–Crippen MR) is 109 cm³/mol. The molecule has 2 aromatic rings. The van der Waals surface area contributed by atoms with Crippen molar-refractivity contribution in [1.29, 1.82) is 0 Å². The van der Waals surface area contributed by atoms with E-state index in [-0.39, 0.29) is 29.3 Å². The van der Waals surface area contributed by atoms with Crippen LogP contribution in [0.3, 0.4) is 0 Å². The summed E-state index contributed by atoms with van der Waals surface area (Å²) >= 11 is 0. The lowest BCUT2D eigenvalue weighted by atomic mass is 10.2. The zero-order chi connectivity index (χ0) is 21.9. The van der Waals surface area contributed by atoms with Crippen molar-refractivity contribution >= 4 is 28.9 Å². The number of hydrogen-bond donors (Lipinski definition) is 2. The molecule has 0 saturated carbocycles. The number of aromatic nitrogens is 1. The van der Waals surface area contributed by atoms with Gasteiger partial charge in [0.25, 0.3) is 5.69 Å². The smallest absolute Gasteiger partial charge is 0.355 e. The number of rotatable bonds is 9. The zero-order valence-corrected chi connectivity index (χ0v) is 16.3. The SMILES string of the molecule is CCOC(=O)/C(=C\N/C(=C/Nc1ccccc1[N+](=O)[O-])C(=O)OC)c1ccccn1. The molecule has 0 aliphatic heterocycles. The number of pyridine rings is 1. The fourth-order valence-electron chi connectivity index (χ4n) is 2.29. The summed E-state index contributed by atoms with van der Waals surface area (Å²) in [5, 5.41) is 16.5. The standard InChI is InChI=1S/C20H20N4O6/c1-3-30-19(25)14(15-8-6-7-11-21-15)12-22-17(20(26)29-2)13-23-16-9-4-5-10-18(16)24(27)28/h4-13,22-23H,3H2,1-2H3/b14-12-,17-13+. The Morgan fingerprint density at radius 3 is 2.50 bits per heavy atom. The van der Waals surface area contributed by atoms with Crippen LogP contribution in [0.5, 0.6) is 0 Å². The molecule has 2 rings (SSSR count). The number of nitrogens with one attached hydrogen (secondary N) is 2. The van der Waals surface area contributed by atoms with Crippen LogP contribution in [0, 0.1) is 10.1 Å². The maximum atomic E-state index is 12.3. The summed E-state index contributed by atoms with van der Waals surface area (Å²) < 4.78 is 9.76. The minimum atomic E-state index is -0.762. The Hall–Kier alpha value is -4.21. The second-order valence-corrected chi connectivity index (χ2v) is 5.61. The molecule has 0 aliphatic rings. The minimum Gasteiger partial charge on any atom is -0.464 e. The first-order valence-electron chi connectivity index (χ1n) is 8.81. The van der Waals surface area contributed by atoms with Gasteiger partial charge >= 0.3 is 11.9 Å². The number of nitro benzene ring substituents is 1. The van der Waals surface area contributed by atoms with Gasteiger partial charge in [-0.05, 0) is 25.1 Å². The van der Waals surface area contributed by atoms with E-state index in [0.29, 0.717) is 5.69 Å². The van der Waals surface area contributed by atoms with E-state index in [4.69, 9.17) is 9.47 Å². The Labute approximate surface area is 172 Å². The number of methoxy groups -OCH3 is 1. The van der Waals surface area contributed by atoms with Gasteiger partial charge in [0.15, 0.2) is 0 Å². The summed E-state index contributed by atoms with van der Waals surface area (Å²) in [6, 6.07) is 10.9. The molecule has 0 unspecified atom stereocenters.